The predicted octanol–water partition coefficient (Wildman–Crippen LogP) is 10.9. The van der Waals surface area contributed by atoms with Crippen molar-refractivity contribution in [1.82, 2.24) is 16.0 Å². The molecular weight excluding hydrogens is 929 g/mol. The Morgan fingerprint density at radius 3 is 1.29 bits per heavy atom. The van der Waals surface area contributed by atoms with Crippen LogP contribution in [0.5, 0.6) is 0 Å². The Labute approximate surface area is 409 Å². The first-order valence-corrected chi connectivity index (χ1v) is 23.4. The van der Waals surface area contributed by atoms with E-state index in [0.717, 1.165) is 100.0 Å². The summed E-state index contributed by atoms with van der Waals surface area (Å²) < 4.78 is 49.6. The van der Waals surface area contributed by atoms with Crippen molar-refractivity contribution in [2.24, 2.45) is 0 Å². The fourth-order valence-corrected chi connectivity index (χ4v) is 8.18. The Bertz CT molecular complexity index is 2500. The molecule has 11 nitrogen and oxygen atoms in total. The van der Waals surface area contributed by atoms with Crippen LogP contribution >= 0.6 is 23.2 Å². The highest BCUT2D eigenvalue weighted by molar-refractivity contribution is 6.31. The molecule has 3 atom stereocenters. The maximum Gasteiger partial charge on any atom is 0.416 e. The highest BCUT2D eigenvalue weighted by Crippen LogP contribution is 2.30. The van der Waals surface area contributed by atoms with Gasteiger partial charge < -0.3 is 41.4 Å². The van der Waals surface area contributed by atoms with E-state index in [1.54, 1.807) is 60.7 Å². The van der Waals surface area contributed by atoms with Gasteiger partial charge in [0.25, 0.3) is 17.7 Å². The molecule has 6 aromatic carbocycles. The molecule has 0 unspecified atom stereocenters. The van der Waals surface area contributed by atoms with Gasteiger partial charge in [-0.05, 0) is 133 Å². The minimum Gasteiger partial charge on any atom is -0.371 e. The zero-order valence-corrected chi connectivity index (χ0v) is 39.1. The quantitative estimate of drug-likeness (QED) is 0.0841. The minimum atomic E-state index is -4.47. The first-order chi connectivity index (χ1) is 33.4. The summed E-state index contributed by atoms with van der Waals surface area (Å²) in [5.41, 5.74) is 5.69. The lowest BCUT2D eigenvalue weighted by Gasteiger charge is -2.24. The van der Waals surface area contributed by atoms with Crippen molar-refractivity contribution in [2.45, 2.75) is 37.1 Å². The average molecular weight is 982 g/mol. The van der Waals surface area contributed by atoms with Gasteiger partial charge in [0.2, 0.25) is 0 Å². The second-order valence-corrected chi connectivity index (χ2v) is 17.4. The molecule has 3 fully saturated rings. The van der Waals surface area contributed by atoms with Crippen LogP contribution in [0.3, 0.4) is 0 Å². The maximum atomic E-state index is 12.7. The molecular formula is C53H53Cl2F3N6O5. The summed E-state index contributed by atoms with van der Waals surface area (Å²) in [5, 5.41) is 19.4. The lowest BCUT2D eigenvalue weighted by atomic mass is 9.91. The third kappa shape index (κ3) is 15.4. The summed E-state index contributed by atoms with van der Waals surface area (Å²) in [6.45, 7) is 6.84. The second-order valence-electron chi connectivity index (χ2n) is 16.5. The Hall–Kier alpha value is -6.10. The van der Waals surface area contributed by atoms with E-state index in [1.165, 1.54) is 17.7 Å². The van der Waals surface area contributed by atoms with Crippen LogP contribution in [-0.2, 0) is 15.7 Å². The topological polar surface area (TPSA) is 142 Å². The lowest BCUT2D eigenvalue weighted by molar-refractivity contribution is -0.137. The van der Waals surface area contributed by atoms with Gasteiger partial charge in [0, 0.05) is 76.5 Å². The summed E-state index contributed by atoms with van der Waals surface area (Å²) in [5.74, 6) is -0.447. The van der Waals surface area contributed by atoms with E-state index in [4.69, 9.17) is 32.7 Å². The van der Waals surface area contributed by atoms with E-state index in [-0.39, 0.29) is 29.6 Å². The monoisotopic (exact) mass is 980 g/mol. The Kier molecular flexibility index (Phi) is 18.4. The van der Waals surface area contributed by atoms with Gasteiger partial charge >= 0.3 is 6.18 Å². The Morgan fingerprint density at radius 1 is 0.507 bits per heavy atom. The van der Waals surface area contributed by atoms with Crippen molar-refractivity contribution in [3.63, 3.8) is 0 Å². The molecule has 0 bridgehead atoms. The molecule has 3 aliphatic rings. The fourth-order valence-electron chi connectivity index (χ4n) is 7.80. The van der Waals surface area contributed by atoms with Crippen molar-refractivity contribution >= 4 is 58.0 Å². The van der Waals surface area contributed by atoms with Crippen LogP contribution < -0.4 is 31.9 Å². The molecule has 3 aliphatic heterocycles. The zero-order chi connectivity index (χ0) is 48.6. The van der Waals surface area contributed by atoms with Crippen LogP contribution in [0.2, 0.25) is 10.0 Å². The second kappa shape index (κ2) is 25.0. The van der Waals surface area contributed by atoms with Gasteiger partial charge in [0.15, 0.2) is 0 Å². The van der Waals surface area contributed by atoms with Crippen LogP contribution in [0.15, 0.2) is 146 Å². The summed E-state index contributed by atoms with van der Waals surface area (Å²) in [6.07, 6.45) is -2.05. The molecule has 6 aromatic rings. The molecule has 9 rings (SSSR count). The van der Waals surface area contributed by atoms with Crippen molar-refractivity contribution < 1.29 is 37.0 Å². The van der Waals surface area contributed by atoms with Crippen molar-refractivity contribution in [1.29, 1.82) is 0 Å². The smallest absolute Gasteiger partial charge is 0.371 e. The number of ether oxygens (including phenoxy) is 2. The van der Waals surface area contributed by atoms with Gasteiger partial charge in [-0.25, -0.2) is 0 Å². The van der Waals surface area contributed by atoms with Gasteiger partial charge in [0.1, 0.15) is 0 Å². The zero-order valence-electron chi connectivity index (χ0n) is 37.6. The molecule has 69 heavy (non-hydrogen) atoms. The molecule has 0 aromatic heterocycles. The van der Waals surface area contributed by atoms with Crippen LogP contribution in [0.25, 0.3) is 0 Å². The predicted molar refractivity (Wildman–Crippen MR) is 266 cm³/mol. The van der Waals surface area contributed by atoms with Crippen molar-refractivity contribution in [2.75, 3.05) is 68.4 Å². The van der Waals surface area contributed by atoms with Crippen molar-refractivity contribution in [3.8, 4) is 0 Å². The van der Waals surface area contributed by atoms with Gasteiger partial charge in [-0.2, -0.15) is 13.2 Å². The number of carbonyl (C=O) groups excluding carboxylic acids is 3. The number of anilines is 3. The molecule has 3 saturated heterocycles. The summed E-state index contributed by atoms with van der Waals surface area (Å²) >= 11 is 11.8. The average Bonchev–Trinajstić information content (AvgIpc) is 3.38. The Morgan fingerprint density at radius 2 is 0.913 bits per heavy atom. The van der Waals surface area contributed by atoms with Crippen LogP contribution in [-0.4, -0.2) is 70.2 Å². The molecule has 0 saturated carbocycles. The first-order valence-electron chi connectivity index (χ1n) is 22.7. The number of nitrogens with one attached hydrogen (secondary N) is 6. The number of benzene rings is 6. The normalized spacial score (nSPS) is 18.0. The third-order valence-corrected chi connectivity index (χ3v) is 12.0. The van der Waals surface area contributed by atoms with Gasteiger partial charge in [-0.3, -0.25) is 14.4 Å². The SMILES string of the molecule is O=C(Nc1ccc([C@@H]2CNCCO2)cc1)c1cccc(Cl)c1.O=C(Nc1ccc([C@H]2CCCNC2)cc1)c1cccc(C(F)(F)F)c1.O=C(Nc1ccc([C@H]2CNCCO2)cc1)c1cccc(Cl)c1. The van der Waals surface area contributed by atoms with E-state index in [9.17, 15) is 27.6 Å². The van der Waals surface area contributed by atoms with E-state index in [0.29, 0.717) is 32.8 Å². The van der Waals surface area contributed by atoms with E-state index < -0.39 is 17.6 Å². The standard InChI is InChI=1S/C19H19F3N2O.2C17H17ClN2O2/c20-19(21,22)16-5-1-3-14(11-16)18(25)24-17-8-6-13(7-9-17)15-4-2-10-23-12-15;2*18-14-3-1-2-13(10-14)17(21)20-15-6-4-12(5-7-15)16-11-19-8-9-22-16/h1,3,5-9,11,15,23H,2,4,10,12H2,(H,24,25);2*1-7,10,16,19H,8-9,11H2,(H,20,21)/t15-;2*16-/m010/s1. The molecule has 0 radical (unpaired) electrons. The summed E-state index contributed by atoms with van der Waals surface area (Å²) in [6, 6.07) is 41.1. The number of carbonyl (C=O) groups is 3. The van der Waals surface area contributed by atoms with Crippen LogP contribution in [0.4, 0.5) is 30.2 Å². The number of piperidine rings is 1. The lowest BCUT2D eigenvalue weighted by Crippen LogP contribution is -2.33. The number of halogens is 5. The van der Waals surface area contributed by atoms with E-state index in [1.807, 2.05) is 60.7 Å². The van der Waals surface area contributed by atoms with Crippen LogP contribution in [0, 0.1) is 0 Å². The minimum absolute atomic E-state index is 0.0182. The first kappa shape index (κ1) is 50.8. The molecule has 0 aliphatic carbocycles. The summed E-state index contributed by atoms with van der Waals surface area (Å²) in [7, 11) is 0. The molecule has 3 heterocycles. The van der Waals surface area contributed by atoms with Gasteiger partial charge in [-0.15, -0.1) is 0 Å². The highest BCUT2D eigenvalue weighted by atomic mass is 35.5. The molecule has 360 valence electrons. The highest BCUT2D eigenvalue weighted by Gasteiger charge is 2.31. The number of rotatable bonds is 9. The summed E-state index contributed by atoms with van der Waals surface area (Å²) in [4.78, 5) is 36.5. The molecule has 0 spiro atoms. The third-order valence-electron chi connectivity index (χ3n) is 11.5. The molecule has 6 N–H and O–H groups in total. The van der Waals surface area contributed by atoms with Crippen LogP contribution in [0.1, 0.15) is 84.3 Å². The molecule has 16 heteroatoms. The number of alkyl halides is 3. The van der Waals surface area contributed by atoms with Crippen molar-refractivity contribution in [3.05, 3.63) is 195 Å². The number of morpholine rings is 2. The number of hydrogen-bond acceptors (Lipinski definition) is 8. The number of hydrogen-bond donors (Lipinski definition) is 6. The Balaban J connectivity index is 0.000000153. The van der Waals surface area contributed by atoms with E-state index >= 15 is 0 Å². The maximum absolute atomic E-state index is 12.7. The van der Waals surface area contributed by atoms with E-state index in [2.05, 4.69) is 31.9 Å². The number of amides is 3. The van der Waals surface area contributed by atoms with Gasteiger partial charge in [0.05, 0.1) is 31.0 Å². The molecule has 3 amide bonds. The largest absolute Gasteiger partial charge is 0.416 e. The van der Waals surface area contributed by atoms with Gasteiger partial charge in [-0.1, -0.05) is 77.8 Å². The fraction of sp³-hybridized carbons (Fsp3) is 0.264.